The van der Waals surface area contributed by atoms with Crippen molar-refractivity contribution in [3.63, 3.8) is 0 Å². The van der Waals surface area contributed by atoms with E-state index in [1.54, 1.807) is 0 Å². The average Bonchev–Trinajstić information content (AvgIpc) is 2.72. The van der Waals surface area contributed by atoms with Gasteiger partial charge < -0.3 is 10.1 Å². The molecule has 6 nitrogen and oxygen atoms in total. The summed E-state index contributed by atoms with van der Waals surface area (Å²) in [6.45, 7) is 5.61. The van der Waals surface area contributed by atoms with E-state index < -0.39 is 15.9 Å². The largest absolute Gasteiger partial charge is 0.491 e. The number of hydrogen-bond acceptors (Lipinski definition) is 4. The van der Waals surface area contributed by atoms with Crippen LogP contribution in [0.15, 0.2) is 47.4 Å². The van der Waals surface area contributed by atoms with Crippen LogP contribution in [0.25, 0.3) is 0 Å². The lowest BCUT2D eigenvalue weighted by atomic mass is 10.0. The number of nitrogens with one attached hydrogen (secondary N) is 1. The monoisotopic (exact) mass is 450 g/mol. The molecule has 0 saturated carbocycles. The van der Waals surface area contributed by atoms with E-state index in [0.29, 0.717) is 19.0 Å². The molecule has 0 spiro atoms. The second kappa shape index (κ2) is 9.81. The van der Waals surface area contributed by atoms with Gasteiger partial charge in [0.15, 0.2) is 0 Å². The fourth-order valence-corrected chi connectivity index (χ4v) is 5.05. The van der Waals surface area contributed by atoms with Crippen LogP contribution in [0.4, 0.5) is 0 Å². The van der Waals surface area contributed by atoms with Gasteiger partial charge in [-0.25, -0.2) is 8.42 Å². The molecular formula is C22H27ClN2O4S. The SMILES string of the molecule is Cc1ccccc1OCCNC(=O)c1cc(S(=O)(=O)N2CCC(C)CC2)ccc1Cl. The van der Waals surface area contributed by atoms with E-state index in [9.17, 15) is 13.2 Å². The van der Waals surface area contributed by atoms with Crippen LogP contribution < -0.4 is 10.1 Å². The van der Waals surface area contributed by atoms with Gasteiger partial charge in [0.05, 0.1) is 22.0 Å². The number of rotatable bonds is 7. The maximum atomic E-state index is 13.0. The van der Waals surface area contributed by atoms with E-state index >= 15 is 0 Å². The van der Waals surface area contributed by atoms with Gasteiger partial charge >= 0.3 is 0 Å². The molecule has 1 aliphatic rings. The van der Waals surface area contributed by atoms with Crippen LogP contribution in [0.2, 0.25) is 5.02 Å². The highest BCUT2D eigenvalue weighted by molar-refractivity contribution is 7.89. The minimum Gasteiger partial charge on any atom is -0.491 e. The van der Waals surface area contributed by atoms with Gasteiger partial charge in [-0.2, -0.15) is 4.31 Å². The van der Waals surface area contributed by atoms with E-state index in [-0.39, 0.29) is 28.6 Å². The molecule has 1 saturated heterocycles. The minimum absolute atomic E-state index is 0.0859. The zero-order valence-corrected chi connectivity index (χ0v) is 18.8. The molecule has 8 heteroatoms. The Kier molecular flexibility index (Phi) is 7.39. The van der Waals surface area contributed by atoms with Crippen molar-refractivity contribution in [1.29, 1.82) is 0 Å². The number of ether oxygens (including phenoxy) is 1. The third-order valence-corrected chi connectivity index (χ3v) is 7.53. The normalized spacial score (nSPS) is 15.7. The number of nitrogens with zero attached hydrogens (tertiary/aromatic N) is 1. The molecule has 0 bridgehead atoms. The quantitative estimate of drug-likeness (QED) is 0.649. The number of carbonyl (C=O) groups excluding carboxylic acids is 1. The van der Waals surface area contributed by atoms with Crippen molar-refractivity contribution in [2.45, 2.75) is 31.6 Å². The third-order valence-electron chi connectivity index (χ3n) is 5.30. The number of benzene rings is 2. The second-order valence-corrected chi connectivity index (χ2v) is 9.94. The third kappa shape index (κ3) is 5.33. The molecule has 0 aliphatic carbocycles. The zero-order chi connectivity index (χ0) is 21.7. The van der Waals surface area contributed by atoms with Crippen LogP contribution >= 0.6 is 11.6 Å². The summed E-state index contributed by atoms with van der Waals surface area (Å²) in [6.07, 6.45) is 1.67. The van der Waals surface area contributed by atoms with Crippen LogP contribution in [0.1, 0.15) is 35.7 Å². The van der Waals surface area contributed by atoms with E-state index in [4.69, 9.17) is 16.3 Å². The Morgan fingerprint density at radius 2 is 1.90 bits per heavy atom. The predicted molar refractivity (Wildman–Crippen MR) is 118 cm³/mol. The first-order valence-corrected chi connectivity index (χ1v) is 11.9. The smallest absolute Gasteiger partial charge is 0.252 e. The highest BCUT2D eigenvalue weighted by Gasteiger charge is 2.29. The average molecular weight is 451 g/mol. The number of amides is 1. The summed E-state index contributed by atoms with van der Waals surface area (Å²) in [5, 5.41) is 2.94. The number of halogens is 1. The van der Waals surface area contributed by atoms with Crippen molar-refractivity contribution in [1.82, 2.24) is 9.62 Å². The lowest BCUT2D eigenvalue weighted by Crippen LogP contribution is -2.38. The van der Waals surface area contributed by atoms with Crippen LogP contribution in [0.5, 0.6) is 5.75 Å². The van der Waals surface area contributed by atoms with Crippen molar-refractivity contribution < 1.29 is 17.9 Å². The molecule has 1 N–H and O–H groups in total. The van der Waals surface area contributed by atoms with Gasteiger partial charge in [-0.3, -0.25) is 4.79 Å². The first-order valence-electron chi connectivity index (χ1n) is 10.1. The Labute approximate surface area is 183 Å². The van der Waals surface area contributed by atoms with Crippen molar-refractivity contribution >= 4 is 27.5 Å². The molecular weight excluding hydrogens is 424 g/mol. The Bertz CT molecular complexity index is 1000. The first kappa shape index (κ1) is 22.6. The highest BCUT2D eigenvalue weighted by Crippen LogP contribution is 2.26. The van der Waals surface area contributed by atoms with E-state index in [0.717, 1.165) is 24.2 Å². The highest BCUT2D eigenvalue weighted by atomic mass is 35.5. The summed E-state index contributed by atoms with van der Waals surface area (Å²) >= 11 is 6.18. The lowest BCUT2D eigenvalue weighted by Gasteiger charge is -2.29. The van der Waals surface area contributed by atoms with Crippen LogP contribution in [0, 0.1) is 12.8 Å². The summed E-state index contributed by atoms with van der Waals surface area (Å²) < 4.78 is 33.1. The summed E-state index contributed by atoms with van der Waals surface area (Å²) in [4.78, 5) is 12.7. The fourth-order valence-electron chi connectivity index (χ4n) is 3.35. The topological polar surface area (TPSA) is 75.7 Å². The molecule has 162 valence electrons. The molecule has 0 radical (unpaired) electrons. The van der Waals surface area contributed by atoms with Crippen molar-refractivity contribution in [2.24, 2.45) is 5.92 Å². The molecule has 30 heavy (non-hydrogen) atoms. The van der Waals surface area contributed by atoms with Gasteiger partial charge in [0.1, 0.15) is 12.4 Å². The predicted octanol–water partition coefficient (Wildman–Crippen LogP) is 3.88. The Morgan fingerprint density at radius 3 is 2.60 bits per heavy atom. The minimum atomic E-state index is -3.65. The molecule has 1 aliphatic heterocycles. The van der Waals surface area contributed by atoms with Gasteiger partial charge in [0.25, 0.3) is 5.91 Å². The fraction of sp³-hybridized carbons (Fsp3) is 0.409. The molecule has 0 aromatic heterocycles. The molecule has 2 aromatic carbocycles. The van der Waals surface area contributed by atoms with Gasteiger partial charge in [-0.1, -0.05) is 36.7 Å². The Hall–Kier alpha value is -2.09. The molecule has 0 atom stereocenters. The van der Waals surface area contributed by atoms with Crippen LogP contribution in [0.3, 0.4) is 0 Å². The summed E-state index contributed by atoms with van der Waals surface area (Å²) in [7, 11) is -3.65. The maximum absolute atomic E-state index is 13.0. The van der Waals surface area contributed by atoms with E-state index in [2.05, 4.69) is 12.2 Å². The number of para-hydroxylation sites is 1. The van der Waals surface area contributed by atoms with Gasteiger partial charge in [0, 0.05) is 13.1 Å². The Balaban J connectivity index is 1.64. The van der Waals surface area contributed by atoms with Crippen LogP contribution in [-0.2, 0) is 10.0 Å². The van der Waals surface area contributed by atoms with Crippen molar-refractivity contribution in [3.8, 4) is 5.75 Å². The zero-order valence-electron chi connectivity index (χ0n) is 17.2. The number of carbonyl (C=O) groups is 1. The van der Waals surface area contributed by atoms with E-state index in [1.807, 2.05) is 31.2 Å². The van der Waals surface area contributed by atoms with Crippen molar-refractivity contribution in [3.05, 3.63) is 58.6 Å². The summed E-state index contributed by atoms with van der Waals surface area (Å²) in [6, 6.07) is 11.9. The van der Waals surface area contributed by atoms with Gasteiger partial charge in [-0.15, -0.1) is 0 Å². The molecule has 1 heterocycles. The van der Waals surface area contributed by atoms with Gasteiger partial charge in [-0.05, 0) is 55.5 Å². The lowest BCUT2D eigenvalue weighted by molar-refractivity contribution is 0.0947. The standard InChI is InChI=1S/C22H27ClN2O4S/c1-16-9-12-25(13-10-16)30(27,28)18-7-8-20(23)19(15-18)22(26)24-11-14-29-21-6-4-3-5-17(21)2/h3-8,15-16H,9-14H2,1-2H3,(H,24,26). The molecule has 0 unspecified atom stereocenters. The molecule has 3 rings (SSSR count). The number of hydrogen-bond donors (Lipinski definition) is 1. The summed E-state index contributed by atoms with van der Waals surface area (Å²) in [5.74, 6) is 0.844. The second-order valence-electron chi connectivity index (χ2n) is 7.60. The van der Waals surface area contributed by atoms with Crippen LogP contribution in [-0.4, -0.2) is 44.9 Å². The first-order chi connectivity index (χ1) is 14.3. The number of sulfonamides is 1. The molecule has 2 aromatic rings. The van der Waals surface area contributed by atoms with E-state index in [1.165, 1.54) is 22.5 Å². The maximum Gasteiger partial charge on any atom is 0.252 e. The van der Waals surface area contributed by atoms with Gasteiger partial charge in [0.2, 0.25) is 10.0 Å². The Morgan fingerprint density at radius 1 is 1.20 bits per heavy atom. The van der Waals surface area contributed by atoms with Crippen molar-refractivity contribution in [2.75, 3.05) is 26.2 Å². The molecule has 1 fully saturated rings. The number of piperidine rings is 1. The molecule has 1 amide bonds. The number of aryl methyl sites for hydroxylation is 1. The summed E-state index contributed by atoms with van der Waals surface area (Å²) in [5.41, 5.74) is 1.15.